The third-order valence-electron chi connectivity index (χ3n) is 5.30. The maximum atomic E-state index is 12.7. The molecule has 0 fully saturated rings. The van der Waals surface area contributed by atoms with Crippen molar-refractivity contribution in [3.8, 4) is 17.2 Å². The number of nitrogens with zero attached hydrogens (tertiary/aromatic N) is 3. The molecule has 0 saturated carbocycles. The Bertz CT molecular complexity index is 1300. The summed E-state index contributed by atoms with van der Waals surface area (Å²) in [5, 5.41) is 17.1. The first-order valence-electron chi connectivity index (χ1n) is 9.99. The second kappa shape index (κ2) is 8.79. The van der Waals surface area contributed by atoms with Gasteiger partial charge >= 0.3 is 0 Å². The predicted molar refractivity (Wildman–Crippen MR) is 128 cm³/mol. The molecule has 1 aliphatic carbocycles. The molecule has 1 aliphatic rings. The summed E-state index contributed by atoms with van der Waals surface area (Å²) in [6, 6.07) is 12.4. The minimum Gasteiger partial charge on any atom is -0.316 e. The van der Waals surface area contributed by atoms with Gasteiger partial charge in [-0.3, -0.25) is 4.79 Å². The van der Waals surface area contributed by atoms with Crippen LogP contribution in [0.5, 0.6) is 0 Å². The number of aromatic nitrogens is 2. The lowest BCUT2D eigenvalue weighted by Crippen LogP contribution is -2.14. The molecule has 8 heteroatoms. The van der Waals surface area contributed by atoms with Gasteiger partial charge in [-0.25, -0.2) is 9.97 Å². The number of aryl methyl sites for hydroxylation is 1. The molecule has 3 heterocycles. The van der Waals surface area contributed by atoms with Gasteiger partial charge in [-0.2, -0.15) is 5.26 Å². The van der Waals surface area contributed by atoms with Crippen molar-refractivity contribution in [2.24, 2.45) is 0 Å². The first kappa shape index (κ1) is 20.2. The lowest BCUT2D eigenvalue weighted by molar-refractivity contribution is -0.113. The van der Waals surface area contributed by atoms with Gasteiger partial charge in [0.15, 0.2) is 0 Å². The number of carbonyl (C=O) groups is 1. The molecule has 0 bridgehead atoms. The van der Waals surface area contributed by atoms with Crippen LogP contribution in [0.3, 0.4) is 0 Å². The molecule has 0 radical (unpaired) electrons. The predicted octanol–water partition coefficient (Wildman–Crippen LogP) is 5.90. The van der Waals surface area contributed by atoms with Crippen LogP contribution in [0.1, 0.15) is 28.8 Å². The van der Waals surface area contributed by atoms with Crippen molar-refractivity contribution in [2.45, 2.75) is 30.7 Å². The van der Waals surface area contributed by atoms with Gasteiger partial charge in [0.05, 0.1) is 16.7 Å². The molecule has 0 unspecified atom stereocenters. The fourth-order valence-electron chi connectivity index (χ4n) is 3.86. The van der Waals surface area contributed by atoms with E-state index in [4.69, 9.17) is 0 Å². The average molecular weight is 463 g/mol. The van der Waals surface area contributed by atoms with E-state index in [1.807, 2.05) is 18.2 Å². The molecule has 5 nitrogen and oxygen atoms in total. The number of hydrogen-bond donors (Lipinski definition) is 1. The highest BCUT2D eigenvalue weighted by Crippen LogP contribution is 2.39. The molecule has 0 spiro atoms. The van der Waals surface area contributed by atoms with Crippen LogP contribution in [-0.4, -0.2) is 21.6 Å². The van der Waals surface area contributed by atoms with E-state index in [2.05, 4.69) is 38.9 Å². The Morgan fingerprint density at radius 3 is 2.87 bits per heavy atom. The minimum absolute atomic E-state index is 0.122. The van der Waals surface area contributed by atoms with E-state index < -0.39 is 0 Å². The number of nitrogens with one attached hydrogen (secondary N) is 1. The quantitative estimate of drug-likeness (QED) is 0.295. The summed E-state index contributed by atoms with van der Waals surface area (Å²) in [6.07, 6.45) is 5.73. The van der Waals surface area contributed by atoms with Crippen molar-refractivity contribution >= 4 is 55.6 Å². The smallest absolute Gasteiger partial charge is 0.235 e. The second-order valence-corrected chi connectivity index (χ2v) is 10.2. The Kier molecular flexibility index (Phi) is 5.72. The van der Waals surface area contributed by atoms with E-state index >= 15 is 0 Å². The summed E-state index contributed by atoms with van der Waals surface area (Å²) in [7, 11) is 0. The fourth-order valence-corrected chi connectivity index (χ4v) is 6.91. The molecular weight excluding hydrogens is 444 g/mol. The van der Waals surface area contributed by atoms with Gasteiger partial charge in [-0.05, 0) is 36.8 Å². The van der Waals surface area contributed by atoms with Gasteiger partial charge < -0.3 is 5.32 Å². The van der Waals surface area contributed by atoms with E-state index in [9.17, 15) is 10.1 Å². The number of nitriles is 1. The highest BCUT2D eigenvalue weighted by atomic mass is 32.2. The third kappa shape index (κ3) is 3.97. The summed E-state index contributed by atoms with van der Waals surface area (Å²) >= 11 is 4.54. The maximum absolute atomic E-state index is 12.7. The van der Waals surface area contributed by atoms with Gasteiger partial charge in [0, 0.05) is 15.8 Å². The molecule has 154 valence electrons. The zero-order chi connectivity index (χ0) is 21.2. The molecule has 1 amide bonds. The molecule has 0 saturated heterocycles. The van der Waals surface area contributed by atoms with Crippen LogP contribution in [0.4, 0.5) is 5.00 Å². The molecule has 5 rings (SSSR count). The van der Waals surface area contributed by atoms with Crippen molar-refractivity contribution < 1.29 is 4.79 Å². The largest absolute Gasteiger partial charge is 0.316 e. The number of amides is 1. The van der Waals surface area contributed by atoms with Gasteiger partial charge in [-0.1, -0.05) is 42.1 Å². The lowest BCUT2D eigenvalue weighted by Gasteiger charge is -2.09. The van der Waals surface area contributed by atoms with E-state index in [1.54, 1.807) is 29.0 Å². The Morgan fingerprint density at radius 1 is 1.19 bits per heavy atom. The topological polar surface area (TPSA) is 78.7 Å². The van der Waals surface area contributed by atoms with Crippen LogP contribution in [0.15, 0.2) is 47.1 Å². The van der Waals surface area contributed by atoms with E-state index in [0.717, 1.165) is 57.6 Å². The fraction of sp³-hybridized carbons (Fsp3) is 0.217. The van der Waals surface area contributed by atoms with Crippen molar-refractivity contribution in [1.29, 1.82) is 5.26 Å². The second-order valence-electron chi connectivity index (χ2n) is 7.24. The summed E-state index contributed by atoms with van der Waals surface area (Å²) in [5.41, 5.74) is 3.97. The molecule has 3 aromatic heterocycles. The normalized spacial score (nSPS) is 13.0. The SMILES string of the molecule is N#Cc1c(NC(=O)CSc2ncnc3scc(-c4ccccc4)c23)sc2c1CCCC2. The maximum Gasteiger partial charge on any atom is 0.235 e. The molecule has 31 heavy (non-hydrogen) atoms. The van der Waals surface area contributed by atoms with Crippen molar-refractivity contribution in [1.82, 2.24) is 9.97 Å². The summed E-state index contributed by atoms with van der Waals surface area (Å²) in [4.78, 5) is 23.7. The summed E-state index contributed by atoms with van der Waals surface area (Å²) in [6.45, 7) is 0. The van der Waals surface area contributed by atoms with Gasteiger partial charge in [0.25, 0.3) is 0 Å². The number of carbonyl (C=O) groups excluding carboxylic acids is 1. The van der Waals surface area contributed by atoms with E-state index in [1.165, 1.54) is 16.6 Å². The van der Waals surface area contributed by atoms with Crippen molar-refractivity contribution in [2.75, 3.05) is 11.1 Å². The molecule has 4 aromatic rings. The number of anilines is 1. The van der Waals surface area contributed by atoms with E-state index in [-0.39, 0.29) is 11.7 Å². The van der Waals surface area contributed by atoms with Crippen LogP contribution in [0.2, 0.25) is 0 Å². The monoisotopic (exact) mass is 462 g/mol. The van der Waals surface area contributed by atoms with Crippen LogP contribution in [-0.2, 0) is 17.6 Å². The summed E-state index contributed by atoms with van der Waals surface area (Å²) in [5.74, 6) is 0.104. The number of hydrogen-bond acceptors (Lipinski definition) is 7. The zero-order valence-electron chi connectivity index (χ0n) is 16.6. The zero-order valence-corrected chi connectivity index (χ0v) is 19.0. The van der Waals surface area contributed by atoms with Crippen LogP contribution >= 0.6 is 34.4 Å². The van der Waals surface area contributed by atoms with Crippen LogP contribution < -0.4 is 5.32 Å². The number of rotatable bonds is 5. The molecule has 0 aliphatic heterocycles. The molecule has 0 atom stereocenters. The average Bonchev–Trinajstić information content (AvgIpc) is 3.39. The number of thioether (sulfide) groups is 1. The highest BCUT2D eigenvalue weighted by Gasteiger charge is 2.22. The first-order chi connectivity index (χ1) is 15.2. The number of thiophene rings is 2. The number of fused-ring (bicyclic) bond motifs is 2. The Labute approximate surface area is 192 Å². The standard InChI is InChI=1S/C23H18N4OS3/c24-10-16-15-8-4-5-9-18(15)31-21(16)27-19(28)12-30-23-20-17(14-6-2-1-3-7-14)11-29-22(20)25-13-26-23/h1-3,6-7,11,13H,4-5,8-9,12H2,(H,27,28). The highest BCUT2D eigenvalue weighted by molar-refractivity contribution is 8.00. The molecule has 1 N–H and O–H groups in total. The van der Waals surface area contributed by atoms with Gasteiger partial charge in [-0.15, -0.1) is 22.7 Å². The van der Waals surface area contributed by atoms with E-state index in [0.29, 0.717) is 10.6 Å². The molecular formula is C23H18N4OS3. The Hall–Kier alpha value is -2.73. The minimum atomic E-state index is -0.122. The lowest BCUT2D eigenvalue weighted by atomic mass is 9.96. The van der Waals surface area contributed by atoms with Crippen LogP contribution in [0.25, 0.3) is 21.3 Å². The van der Waals surface area contributed by atoms with Gasteiger partial charge in [0.1, 0.15) is 27.3 Å². The molecule has 1 aromatic carbocycles. The first-order valence-corrected chi connectivity index (χ1v) is 12.7. The van der Waals surface area contributed by atoms with Crippen molar-refractivity contribution in [3.63, 3.8) is 0 Å². The number of benzene rings is 1. The Morgan fingerprint density at radius 2 is 2.03 bits per heavy atom. The third-order valence-corrected chi connectivity index (χ3v) is 8.38. The Balaban J connectivity index is 1.36. The summed E-state index contributed by atoms with van der Waals surface area (Å²) < 4.78 is 0. The van der Waals surface area contributed by atoms with Gasteiger partial charge in [0.2, 0.25) is 5.91 Å². The van der Waals surface area contributed by atoms with Crippen molar-refractivity contribution in [3.05, 3.63) is 58.0 Å². The van der Waals surface area contributed by atoms with Crippen LogP contribution in [0, 0.1) is 11.3 Å².